The van der Waals surface area contributed by atoms with Gasteiger partial charge in [0, 0.05) is 27.2 Å². The molecule has 78 valence electrons. The van der Waals surface area contributed by atoms with Crippen molar-refractivity contribution < 1.29 is 19.4 Å². The lowest BCUT2D eigenvalue weighted by Gasteiger charge is -2.13. The van der Waals surface area contributed by atoms with Gasteiger partial charge >= 0.3 is 0 Å². The lowest BCUT2D eigenvalue weighted by atomic mass is 10.3. The second kappa shape index (κ2) is 7.97. The third-order valence-corrected chi connectivity index (χ3v) is 1.55. The molecule has 0 rings (SSSR count). The van der Waals surface area contributed by atoms with E-state index >= 15 is 0 Å². The quantitative estimate of drug-likeness (QED) is 0.532. The molecule has 0 saturated heterocycles. The Morgan fingerprint density at radius 3 is 2.54 bits per heavy atom. The molecule has 0 aliphatic rings. The SMILES string of the molecule is COC(CNC(=O)CCCO)OC. The molecule has 1 amide bonds. The fourth-order valence-electron chi connectivity index (χ4n) is 0.788. The van der Waals surface area contributed by atoms with E-state index in [2.05, 4.69) is 5.32 Å². The molecule has 0 spiro atoms. The van der Waals surface area contributed by atoms with Gasteiger partial charge in [-0.05, 0) is 6.42 Å². The highest BCUT2D eigenvalue weighted by Crippen LogP contribution is 1.90. The van der Waals surface area contributed by atoms with Crippen molar-refractivity contribution in [3.8, 4) is 0 Å². The first-order valence-electron chi connectivity index (χ1n) is 4.17. The highest BCUT2D eigenvalue weighted by Gasteiger charge is 2.06. The summed E-state index contributed by atoms with van der Waals surface area (Å²) in [5.74, 6) is -0.104. The largest absolute Gasteiger partial charge is 0.396 e. The molecule has 13 heavy (non-hydrogen) atoms. The summed E-state index contributed by atoms with van der Waals surface area (Å²) in [6, 6.07) is 0. The Labute approximate surface area is 78.0 Å². The Balaban J connectivity index is 3.44. The van der Waals surface area contributed by atoms with E-state index in [1.807, 2.05) is 0 Å². The molecule has 5 heteroatoms. The summed E-state index contributed by atoms with van der Waals surface area (Å²) >= 11 is 0. The van der Waals surface area contributed by atoms with Gasteiger partial charge < -0.3 is 19.9 Å². The van der Waals surface area contributed by atoms with E-state index < -0.39 is 6.29 Å². The summed E-state index contributed by atoms with van der Waals surface area (Å²) in [7, 11) is 3.02. The van der Waals surface area contributed by atoms with E-state index in [0.717, 1.165) is 0 Å². The molecule has 0 heterocycles. The van der Waals surface area contributed by atoms with Gasteiger partial charge in [0.2, 0.25) is 5.91 Å². The summed E-state index contributed by atoms with van der Waals surface area (Å²) in [6.07, 6.45) is 0.408. The molecule has 0 unspecified atom stereocenters. The highest BCUT2D eigenvalue weighted by molar-refractivity contribution is 5.75. The van der Waals surface area contributed by atoms with Crippen molar-refractivity contribution in [3.05, 3.63) is 0 Å². The van der Waals surface area contributed by atoms with Crippen LogP contribution < -0.4 is 5.32 Å². The maximum absolute atomic E-state index is 11.0. The topological polar surface area (TPSA) is 67.8 Å². The average Bonchev–Trinajstić information content (AvgIpc) is 2.16. The van der Waals surface area contributed by atoms with E-state index in [9.17, 15) is 4.79 Å². The number of ether oxygens (including phenoxy) is 2. The molecule has 0 aromatic carbocycles. The van der Waals surface area contributed by atoms with E-state index in [4.69, 9.17) is 14.6 Å². The molecular formula is C8H17NO4. The van der Waals surface area contributed by atoms with Crippen molar-refractivity contribution in [1.29, 1.82) is 0 Å². The second-order valence-corrected chi connectivity index (χ2v) is 2.53. The molecule has 2 N–H and O–H groups in total. The number of carbonyl (C=O) groups excluding carboxylic acids is 1. The molecule has 0 aromatic rings. The molecular weight excluding hydrogens is 174 g/mol. The maximum atomic E-state index is 11.0. The van der Waals surface area contributed by atoms with Gasteiger partial charge in [-0.1, -0.05) is 0 Å². The average molecular weight is 191 g/mol. The number of amides is 1. The summed E-state index contributed by atoms with van der Waals surface area (Å²) < 4.78 is 9.74. The van der Waals surface area contributed by atoms with Gasteiger partial charge in [-0.3, -0.25) is 4.79 Å². The summed E-state index contributed by atoms with van der Waals surface area (Å²) in [4.78, 5) is 11.0. The van der Waals surface area contributed by atoms with Crippen LogP contribution in [0.4, 0.5) is 0 Å². The van der Waals surface area contributed by atoms with Crippen LogP contribution in [0.15, 0.2) is 0 Å². The Morgan fingerprint density at radius 1 is 1.46 bits per heavy atom. The van der Waals surface area contributed by atoms with Gasteiger partial charge in [0.25, 0.3) is 0 Å². The molecule has 0 atom stereocenters. The van der Waals surface area contributed by atoms with Crippen molar-refractivity contribution in [2.75, 3.05) is 27.4 Å². The normalized spacial score (nSPS) is 10.5. The predicted octanol–water partition coefficient (Wildman–Crippen LogP) is -0.506. The van der Waals surface area contributed by atoms with Gasteiger partial charge in [-0.2, -0.15) is 0 Å². The number of carbonyl (C=O) groups is 1. The van der Waals surface area contributed by atoms with Crippen molar-refractivity contribution in [1.82, 2.24) is 5.32 Å². The fourth-order valence-corrected chi connectivity index (χ4v) is 0.788. The number of hydrogen-bond donors (Lipinski definition) is 2. The maximum Gasteiger partial charge on any atom is 0.220 e. The Morgan fingerprint density at radius 2 is 2.08 bits per heavy atom. The number of nitrogens with one attached hydrogen (secondary N) is 1. The smallest absolute Gasteiger partial charge is 0.220 e. The second-order valence-electron chi connectivity index (χ2n) is 2.53. The standard InChI is InChI=1S/C8H17NO4/c1-12-8(13-2)6-9-7(11)4-3-5-10/h8,10H,3-6H2,1-2H3,(H,9,11). The van der Waals surface area contributed by atoms with E-state index in [-0.39, 0.29) is 12.5 Å². The number of methoxy groups -OCH3 is 2. The number of hydrogen-bond acceptors (Lipinski definition) is 4. The predicted molar refractivity (Wildman–Crippen MR) is 47.1 cm³/mol. The van der Waals surface area contributed by atoms with Crippen molar-refractivity contribution in [2.45, 2.75) is 19.1 Å². The molecule has 0 radical (unpaired) electrons. The number of aliphatic hydroxyl groups is 1. The molecule has 0 saturated carbocycles. The number of rotatable bonds is 7. The third-order valence-electron chi connectivity index (χ3n) is 1.55. The zero-order valence-electron chi connectivity index (χ0n) is 8.08. The van der Waals surface area contributed by atoms with Crippen LogP contribution in [0, 0.1) is 0 Å². The van der Waals surface area contributed by atoms with Crippen molar-refractivity contribution in [3.63, 3.8) is 0 Å². The number of aliphatic hydroxyl groups excluding tert-OH is 1. The van der Waals surface area contributed by atoms with Crippen LogP contribution in [0.2, 0.25) is 0 Å². The van der Waals surface area contributed by atoms with Crippen molar-refractivity contribution in [2.24, 2.45) is 0 Å². The molecule has 5 nitrogen and oxygen atoms in total. The monoisotopic (exact) mass is 191 g/mol. The van der Waals surface area contributed by atoms with Gasteiger partial charge in [0.15, 0.2) is 6.29 Å². The van der Waals surface area contributed by atoms with E-state index in [1.54, 1.807) is 0 Å². The minimum atomic E-state index is -0.405. The summed E-state index contributed by atoms with van der Waals surface area (Å²) in [5.41, 5.74) is 0. The Bertz CT molecular complexity index is 136. The molecule has 0 aliphatic carbocycles. The van der Waals surface area contributed by atoms with Gasteiger partial charge in [0.05, 0.1) is 6.54 Å². The molecule has 0 aromatic heterocycles. The Kier molecular flexibility index (Phi) is 7.57. The first-order chi connectivity index (χ1) is 6.24. The lowest BCUT2D eigenvalue weighted by molar-refractivity contribution is -0.127. The van der Waals surface area contributed by atoms with Gasteiger partial charge in [-0.25, -0.2) is 0 Å². The van der Waals surface area contributed by atoms with Crippen LogP contribution in [-0.4, -0.2) is 44.7 Å². The van der Waals surface area contributed by atoms with Crippen LogP contribution >= 0.6 is 0 Å². The minimum absolute atomic E-state index is 0.0331. The lowest BCUT2D eigenvalue weighted by Crippen LogP contribution is -2.34. The van der Waals surface area contributed by atoms with Crippen molar-refractivity contribution >= 4 is 5.91 Å². The van der Waals surface area contributed by atoms with Crippen LogP contribution in [0.3, 0.4) is 0 Å². The van der Waals surface area contributed by atoms with E-state index in [1.165, 1.54) is 14.2 Å². The van der Waals surface area contributed by atoms with Gasteiger partial charge in [-0.15, -0.1) is 0 Å². The minimum Gasteiger partial charge on any atom is -0.396 e. The molecule has 0 bridgehead atoms. The van der Waals surface area contributed by atoms with Crippen LogP contribution in [0.1, 0.15) is 12.8 Å². The zero-order valence-corrected chi connectivity index (χ0v) is 8.08. The van der Waals surface area contributed by atoms with Crippen LogP contribution in [0.25, 0.3) is 0 Å². The molecule has 0 aliphatic heterocycles. The summed E-state index contributed by atoms with van der Waals surface area (Å²) in [5, 5.41) is 11.1. The third kappa shape index (κ3) is 6.51. The highest BCUT2D eigenvalue weighted by atomic mass is 16.7. The zero-order chi connectivity index (χ0) is 10.1. The van der Waals surface area contributed by atoms with E-state index in [0.29, 0.717) is 19.4 Å². The fraction of sp³-hybridized carbons (Fsp3) is 0.875. The Hall–Kier alpha value is -0.650. The summed E-state index contributed by atoms with van der Waals surface area (Å²) in [6.45, 7) is 0.364. The van der Waals surface area contributed by atoms with Gasteiger partial charge in [0.1, 0.15) is 0 Å². The van der Waals surface area contributed by atoms with Crippen LogP contribution in [-0.2, 0) is 14.3 Å². The first-order valence-corrected chi connectivity index (χ1v) is 4.17. The molecule has 0 fully saturated rings. The first kappa shape index (κ1) is 12.3. The van der Waals surface area contributed by atoms with Crippen LogP contribution in [0.5, 0.6) is 0 Å².